The number of rotatable bonds is 4. The largest absolute Gasteiger partial charge is 0.393 e. The van der Waals surface area contributed by atoms with Crippen molar-refractivity contribution in [2.24, 2.45) is 4.99 Å². The highest BCUT2D eigenvalue weighted by Crippen LogP contribution is 2.18. The van der Waals surface area contributed by atoms with Crippen LogP contribution in [0, 0.1) is 23.3 Å². The van der Waals surface area contributed by atoms with E-state index in [4.69, 9.17) is 0 Å². The normalized spacial score (nSPS) is 19.4. The quantitative estimate of drug-likeness (QED) is 0.401. The fraction of sp³-hybridized carbons (Fsp3) is 0.333. The van der Waals surface area contributed by atoms with E-state index in [1.165, 1.54) is 12.1 Å². The van der Waals surface area contributed by atoms with Crippen molar-refractivity contribution in [1.82, 2.24) is 10.6 Å². The summed E-state index contributed by atoms with van der Waals surface area (Å²) in [7, 11) is 0. The molecular formula is C21H21F4N3O2. The maximum Gasteiger partial charge on any atom is 0.258 e. The lowest BCUT2D eigenvalue weighted by molar-refractivity contribution is 0.0972. The maximum atomic E-state index is 13.9. The summed E-state index contributed by atoms with van der Waals surface area (Å²) in [5.41, 5.74) is -0.130. The van der Waals surface area contributed by atoms with E-state index >= 15 is 0 Å². The van der Waals surface area contributed by atoms with E-state index in [9.17, 15) is 27.5 Å². The number of carbonyl (C=O) groups excluding carboxylic acids is 1. The minimum Gasteiger partial charge on any atom is -0.393 e. The molecular weight excluding hydrogens is 402 g/mol. The third-order valence-corrected chi connectivity index (χ3v) is 4.89. The molecule has 160 valence electrons. The van der Waals surface area contributed by atoms with Crippen LogP contribution in [0.15, 0.2) is 41.4 Å². The Balaban J connectivity index is 1.78. The number of amides is 1. The van der Waals surface area contributed by atoms with Gasteiger partial charge in [-0.15, -0.1) is 0 Å². The number of nitrogens with one attached hydrogen (secondary N) is 2. The van der Waals surface area contributed by atoms with Crippen molar-refractivity contribution < 1.29 is 27.5 Å². The minimum absolute atomic E-state index is 0.00422. The molecule has 0 saturated heterocycles. The summed E-state index contributed by atoms with van der Waals surface area (Å²) in [6, 6.07) is 6.31. The lowest BCUT2D eigenvalue weighted by Gasteiger charge is -2.27. The van der Waals surface area contributed by atoms with E-state index in [2.05, 4.69) is 15.6 Å². The molecule has 0 aromatic heterocycles. The standard InChI is InChI=1S/C21H21F4N3O2/c22-16-9-4-12(10-18(16)24)20(30)28-21(27-14-5-7-15(29)8-6-14)26-11-13-2-1-3-17(23)19(13)25/h1-4,9-10,14-15,29H,5-8,11H2,(H2,26,27,28,30). The van der Waals surface area contributed by atoms with Gasteiger partial charge in [0.1, 0.15) is 0 Å². The van der Waals surface area contributed by atoms with E-state index in [1.807, 2.05) is 0 Å². The number of aliphatic hydroxyl groups is 1. The Labute approximate surface area is 170 Å². The fourth-order valence-corrected chi connectivity index (χ4v) is 3.19. The molecule has 0 atom stereocenters. The lowest BCUT2D eigenvalue weighted by Crippen LogP contribution is -2.47. The molecule has 1 aliphatic rings. The SMILES string of the molecule is O=C(NC(=NCc1cccc(F)c1F)NC1CCC(O)CC1)c1ccc(F)c(F)c1. The Bertz CT molecular complexity index is 944. The second-order valence-electron chi connectivity index (χ2n) is 7.11. The van der Waals surface area contributed by atoms with E-state index in [1.54, 1.807) is 0 Å². The number of nitrogens with zero attached hydrogens (tertiary/aromatic N) is 1. The van der Waals surface area contributed by atoms with E-state index < -0.39 is 29.2 Å². The second kappa shape index (κ2) is 9.71. The topological polar surface area (TPSA) is 73.7 Å². The molecule has 0 radical (unpaired) electrons. The van der Waals surface area contributed by atoms with Gasteiger partial charge in [-0.2, -0.15) is 0 Å². The summed E-state index contributed by atoms with van der Waals surface area (Å²) >= 11 is 0. The number of guanidine groups is 1. The molecule has 1 fully saturated rings. The third kappa shape index (κ3) is 5.56. The van der Waals surface area contributed by atoms with Crippen LogP contribution in [0.1, 0.15) is 41.6 Å². The van der Waals surface area contributed by atoms with Crippen LogP contribution in [0.5, 0.6) is 0 Å². The van der Waals surface area contributed by atoms with Gasteiger partial charge in [0.15, 0.2) is 29.2 Å². The van der Waals surface area contributed by atoms with Crippen LogP contribution in [0.3, 0.4) is 0 Å². The number of carbonyl (C=O) groups is 1. The van der Waals surface area contributed by atoms with Gasteiger partial charge in [0, 0.05) is 17.2 Å². The molecule has 0 aliphatic heterocycles. The van der Waals surface area contributed by atoms with Crippen LogP contribution in [0.25, 0.3) is 0 Å². The minimum atomic E-state index is -1.17. The first kappa shape index (κ1) is 21.8. The average molecular weight is 423 g/mol. The fourth-order valence-electron chi connectivity index (χ4n) is 3.19. The van der Waals surface area contributed by atoms with E-state index in [0.29, 0.717) is 25.7 Å². The molecule has 30 heavy (non-hydrogen) atoms. The summed E-state index contributed by atoms with van der Waals surface area (Å²) in [5.74, 6) is -5.04. The van der Waals surface area contributed by atoms with Crippen molar-refractivity contribution in [2.75, 3.05) is 0 Å². The molecule has 1 aliphatic carbocycles. The van der Waals surface area contributed by atoms with Crippen LogP contribution in [-0.2, 0) is 6.54 Å². The van der Waals surface area contributed by atoms with Crippen molar-refractivity contribution in [2.45, 2.75) is 44.4 Å². The van der Waals surface area contributed by atoms with Crippen LogP contribution in [0.4, 0.5) is 17.6 Å². The molecule has 2 aromatic rings. The van der Waals surface area contributed by atoms with Gasteiger partial charge in [0.05, 0.1) is 12.6 Å². The number of hydrogen-bond acceptors (Lipinski definition) is 3. The molecule has 5 nitrogen and oxygen atoms in total. The molecule has 0 spiro atoms. The molecule has 1 amide bonds. The number of hydrogen-bond donors (Lipinski definition) is 3. The maximum absolute atomic E-state index is 13.9. The van der Waals surface area contributed by atoms with Crippen LogP contribution >= 0.6 is 0 Å². The van der Waals surface area contributed by atoms with Gasteiger partial charge in [-0.1, -0.05) is 12.1 Å². The van der Waals surface area contributed by atoms with Crippen molar-refractivity contribution in [3.8, 4) is 0 Å². The van der Waals surface area contributed by atoms with Gasteiger partial charge in [0.25, 0.3) is 5.91 Å². The predicted molar refractivity (Wildman–Crippen MR) is 103 cm³/mol. The number of aliphatic imine (C=N–C) groups is 1. The first-order valence-electron chi connectivity index (χ1n) is 9.52. The molecule has 0 bridgehead atoms. The van der Waals surface area contributed by atoms with Crippen molar-refractivity contribution >= 4 is 11.9 Å². The monoisotopic (exact) mass is 423 g/mol. The predicted octanol–water partition coefficient (Wildman–Crippen LogP) is 3.42. The first-order chi connectivity index (χ1) is 14.3. The number of aliphatic hydroxyl groups excluding tert-OH is 1. The Kier molecular flexibility index (Phi) is 7.04. The van der Waals surface area contributed by atoms with Gasteiger partial charge >= 0.3 is 0 Å². The highest BCUT2D eigenvalue weighted by molar-refractivity contribution is 6.05. The van der Waals surface area contributed by atoms with E-state index in [0.717, 1.165) is 24.3 Å². The smallest absolute Gasteiger partial charge is 0.258 e. The zero-order valence-corrected chi connectivity index (χ0v) is 16.0. The van der Waals surface area contributed by atoms with Crippen molar-refractivity contribution in [1.29, 1.82) is 0 Å². The second-order valence-corrected chi connectivity index (χ2v) is 7.11. The number of benzene rings is 2. The van der Waals surface area contributed by atoms with Crippen LogP contribution in [0.2, 0.25) is 0 Å². The van der Waals surface area contributed by atoms with Crippen LogP contribution < -0.4 is 10.6 Å². The average Bonchev–Trinajstić information content (AvgIpc) is 2.72. The molecule has 2 aromatic carbocycles. The molecule has 3 N–H and O–H groups in total. The van der Waals surface area contributed by atoms with Gasteiger partial charge in [-0.3, -0.25) is 10.1 Å². The molecule has 0 unspecified atom stereocenters. The molecule has 0 heterocycles. The van der Waals surface area contributed by atoms with Crippen LogP contribution in [-0.4, -0.2) is 29.1 Å². The highest BCUT2D eigenvalue weighted by Gasteiger charge is 2.21. The highest BCUT2D eigenvalue weighted by atomic mass is 19.2. The Morgan fingerprint density at radius 3 is 2.43 bits per heavy atom. The Hall–Kier alpha value is -2.94. The molecule has 1 saturated carbocycles. The van der Waals surface area contributed by atoms with Crippen molar-refractivity contribution in [3.05, 3.63) is 70.8 Å². The molecule has 3 rings (SSSR count). The van der Waals surface area contributed by atoms with Gasteiger partial charge in [-0.05, 0) is 49.9 Å². The van der Waals surface area contributed by atoms with Gasteiger partial charge in [0.2, 0.25) is 0 Å². The summed E-state index contributed by atoms with van der Waals surface area (Å²) in [4.78, 5) is 16.6. The Morgan fingerprint density at radius 1 is 1.00 bits per heavy atom. The summed E-state index contributed by atoms with van der Waals surface area (Å²) < 4.78 is 53.9. The van der Waals surface area contributed by atoms with Crippen molar-refractivity contribution in [3.63, 3.8) is 0 Å². The van der Waals surface area contributed by atoms with E-state index in [-0.39, 0.29) is 35.8 Å². The third-order valence-electron chi connectivity index (χ3n) is 4.89. The zero-order valence-electron chi connectivity index (χ0n) is 16.0. The number of halogens is 4. The van der Waals surface area contributed by atoms with Gasteiger partial charge < -0.3 is 10.4 Å². The summed E-state index contributed by atoms with van der Waals surface area (Å²) in [6.45, 7) is -0.251. The van der Waals surface area contributed by atoms with Gasteiger partial charge in [-0.25, -0.2) is 22.6 Å². The summed E-state index contributed by atoms with van der Waals surface area (Å²) in [5, 5.41) is 15.1. The lowest BCUT2D eigenvalue weighted by atomic mass is 9.93. The first-order valence-corrected chi connectivity index (χ1v) is 9.52. The molecule has 9 heteroatoms. The Morgan fingerprint density at radius 2 is 1.73 bits per heavy atom. The summed E-state index contributed by atoms with van der Waals surface area (Å²) in [6.07, 6.45) is 1.99. The zero-order chi connectivity index (χ0) is 21.7.